The van der Waals surface area contributed by atoms with Crippen molar-refractivity contribution in [1.29, 1.82) is 0 Å². The number of nitrogens with zero attached hydrogens (tertiary/aromatic N) is 1. The van der Waals surface area contributed by atoms with Crippen LogP contribution in [0.3, 0.4) is 0 Å². The molecule has 0 aliphatic carbocycles. The minimum Gasteiger partial charge on any atom is -0.465 e. The number of hydrogen-bond acceptors (Lipinski definition) is 5. The molecule has 0 radical (unpaired) electrons. The van der Waals surface area contributed by atoms with Crippen LogP contribution in [0.4, 0.5) is 5.69 Å². The summed E-state index contributed by atoms with van der Waals surface area (Å²) in [7, 11) is 0. The molecule has 1 aromatic rings. The smallest absolute Gasteiger partial charge is 0.325 e. The van der Waals surface area contributed by atoms with E-state index in [4.69, 9.17) is 9.47 Å². The Morgan fingerprint density at radius 3 is 2.30 bits per heavy atom. The number of carbonyl (C=O) groups excluding carboxylic acids is 2. The predicted octanol–water partition coefficient (Wildman–Crippen LogP) is 2.44. The number of aryl methyl sites for hydroxylation is 1. The fraction of sp³-hybridized carbons (Fsp3) is 0.400. The van der Waals surface area contributed by atoms with Crippen LogP contribution in [0.15, 0.2) is 29.3 Å². The predicted molar refractivity (Wildman–Crippen MR) is 76.1 cm³/mol. The molecule has 0 saturated carbocycles. The molecule has 0 amide bonds. The van der Waals surface area contributed by atoms with Gasteiger partial charge in [0.05, 0.1) is 18.9 Å². The van der Waals surface area contributed by atoms with Crippen molar-refractivity contribution in [1.82, 2.24) is 0 Å². The van der Waals surface area contributed by atoms with Crippen LogP contribution in [-0.2, 0) is 19.1 Å². The molecule has 0 fully saturated rings. The Hall–Kier alpha value is -2.17. The highest BCUT2D eigenvalue weighted by Crippen LogP contribution is 2.14. The van der Waals surface area contributed by atoms with Gasteiger partial charge in [-0.15, -0.1) is 0 Å². The van der Waals surface area contributed by atoms with Crippen molar-refractivity contribution < 1.29 is 19.1 Å². The molecule has 5 heteroatoms. The normalized spacial score (nSPS) is 10.8. The summed E-state index contributed by atoms with van der Waals surface area (Å²) in [5, 5.41) is 0. The van der Waals surface area contributed by atoms with Gasteiger partial charge in [-0.3, -0.25) is 14.6 Å². The van der Waals surface area contributed by atoms with Gasteiger partial charge < -0.3 is 9.47 Å². The zero-order chi connectivity index (χ0) is 15.0. The SMILES string of the molecule is CCOC(=O)C(/C=N/c1cccc(C)c1)C(=O)OCC. The molecule has 0 bridgehead atoms. The maximum Gasteiger partial charge on any atom is 0.325 e. The van der Waals surface area contributed by atoms with E-state index >= 15 is 0 Å². The monoisotopic (exact) mass is 277 g/mol. The van der Waals surface area contributed by atoms with Gasteiger partial charge in [-0.25, -0.2) is 0 Å². The molecule has 108 valence electrons. The Morgan fingerprint density at radius 2 is 1.80 bits per heavy atom. The van der Waals surface area contributed by atoms with Gasteiger partial charge in [0.2, 0.25) is 0 Å². The van der Waals surface area contributed by atoms with E-state index in [2.05, 4.69) is 4.99 Å². The summed E-state index contributed by atoms with van der Waals surface area (Å²) in [5.74, 6) is -2.43. The number of esters is 2. The molecule has 0 aliphatic rings. The van der Waals surface area contributed by atoms with E-state index in [1.807, 2.05) is 25.1 Å². The Kier molecular flexibility index (Phi) is 6.43. The van der Waals surface area contributed by atoms with Crippen LogP contribution in [0.2, 0.25) is 0 Å². The first-order valence-corrected chi connectivity index (χ1v) is 6.52. The Morgan fingerprint density at radius 1 is 1.20 bits per heavy atom. The van der Waals surface area contributed by atoms with E-state index in [0.29, 0.717) is 5.69 Å². The first-order valence-electron chi connectivity index (χ1n) is 6.52. The lowest BCUT2D eigenvalue weighted by atomic mass is 10.1. The topological polar surface area (TPSA) is 65.0 Å². The lowest BCUT2D eigenvalue weighted by molar-refractivity contribution is -0.157. The van der Waals surface area contributed by atoms with Crippen molar-refractivity contribution in [3.8, 4) is 0 Å². The molecule has 0 aromatic heterocycles. The molecule has 0 heterocycles. The maximum atomic E-state index is 11.7. The molecular formula is C15H19NO4. The Labute approximate surface area is 118 Å². The largest absolute Gasteiger partial charge is 0.465 e. The summed E-state index contributed by atoms with van der Waals surface area (Å²) in [5.41, 5.74) is 1.71. The number of benzene rings is 1. The summed E-state index contributed by atoms with van der Waals surface area (Å²) >= 11 is 0. The number of ether oxygens (including phenoxy) is 2. The molecule has 0 N–H and O–H groups in total. The summed E-state index contributed by atoms with van der Waals surface area (Å²) in [6.45, 7) is 5.70. The van der Waals surface area contributed by atoms with Gasteiger partial charge >= 0.3 is 11.9 Å². The molecule has 0 atom stereocenters. The average Bonchev–Trinajstić information content (AvgIpc) is 2.39. The molecule has 0 saturated heterocycles. The third kappa shape index (κ3) is 4.84. The Bertz CT molecular complexity index is 478. The standard InChI is InChI=1S/C15H19NO4/c1-4-19-14(17)13(15(18)20-5-2)10-16-12-8-6-7-11(3)9-12/h6-10,13H,4-5H2,1-3H3/b16-10+. The van der Waals surface area contributed by atoms with Gasteiger partial charge in [-0.1, -0.05) is 12.1 Å². The molecule has 0 aliphatic heterocycles. The molecule has 1 rings (SSSR count). The van der Waals surface area contributed by atoms with Crippen molar-refractivity contribution in [2.45, 2.75) is 20.8 Å². The third-order valence-corrected chi connectivity index (χ3v) is 2.46. The average molecular weight is 277 g/mol. The van der Waals surface area contributed by atoms with Crippen LogP contribution in [0.25, 0.3) is 0 Å². The second-order valence-corrected chi connectivity index (χ2v) is 4.10. The molecule has 1 aromatic carbocycles. The van der Waals surface area contributed by atoms with Gasteiger partial charge in [-0.2, -0.15) is 0 Å². The van der Waals surface area contributed by atoms with Crippen LogP contribution in [0.1, 0.15) is 19.4 Å². The number of aliphatic imine (C=N–C) groups is 1. The van der Waals surface area contributed by atoms with Gasteiger partial charge in [0.15, 0.2) is 5.92 Å². The lowest BCUT2D eigenvalue weighted by Crippen LogP contribution is -2.29. The highest BCUT2D eigenvalue weighted by Gasteiger charge is 2.27. The maximum absolute atomic E-state index is 11.7. The summed E-state index contributed by atoms with van der Waals surface area (Å²) in [4.78, 5) is 27.6. The molecule has 0 unspecified atom stereocenters. The van der Waals surface area contributed by atoms with Crippen molar-refractivity contribution in [3.05, 3.63) is 29.8 Å². The summed E-state index contributed by atoms with van der Waals surface area (Å²) < 4.78 is 9.71. The van der Waals surface area contributed by atoms with Crippen molar-refractivity contribution in [2.75, 3.05) is 13.2 Å². The second-order valence-electron chi connectivity index (χ2n) is 4.10. The fourth-order valence-corrected chi connectivity index (χ4v) is 1.55. The number of rotatable bonds is 6. The van der Waals surface area contributed by atoms with E-state index in [-0.39, 0.29) is 13.2 Å². The zero-order valence-electron chi connectivity index (χ0n) is 12.0. The number of hydrogen-bond donors (Lipinski definition) is 0. The minimum atomic E-state index is -1.13. The lowest BCUT2D eigenvalue weighted by Gasteiger charge is -2.10. The van der Waals surface area contributed by atoms with E-state index in [9.17, 15) is 9.59 Å². The van der Waals surface area contributed by atoms with Gasteiger partial charge in [0.25, 0.3) is 0 Å². The molecular weight excluding hydrogens is 258 g/mol. The van der Waals surface area contributed by atoms with Crippen molar-refractivity contribution >= 4 is 23.8 Å². The minimum absolute atomic E-state index is 0.201. The number of carbonyl (C=O) groups is 2. The fourth-order valence-electron chi connectivity index (χ4n) is 1.55. The zero-order valence-corrected chi connectivity index (χ0v) is 12.0. The van der Waals surface area contributed by atoms with Crippen LogP contribution in [0.5, 0.6) is 0 Å². The van der Waals surface area contributed by atoms with Gasteiger partial charge in [0, 0.05) is 6.21 Å². The summed E-state index contributed by atoms with van der Waals surface area (Å²) in [6, 6.07) is 7.43. The van der Waals surface area contributed by atoms with E-state index in [0.717, 1.165) is 5.56 Å². The van der Waals surface area contributed by atoms with Crippen molar-refractivity contribution in [2.24, 2.45) is 10.9 Å². The second kappa shape index (κ2) is 8.09. The van der Waals surface area contributed by atoms with Gasteiger partial charge in [-0.05, 0) is 38.5 Å². The molecule has 0 spiro atoms. The van der Waals surface area contributed by atoms with E-state index < -0.39 is 17.9 Å². The highest BCUT2D eigenvalue weighted by atomic mass is 16.6. The molecule has 5 nitrogen and oxygen atoms in total. The first-order chi connectivity index (χ1) is 9.58. The third-order valence-electron chi connectivity index (χ3n) is 2.46. The Balaban J connectivity index is 2.88. The van der Waals surface area contributed by atoms with Crippen LogP contribution in [-0.4, -0.2) is 31.4 Å². The highest BCUT2D eigenvalue weighted by molar-refractivity contribution is 6.09. The first kappa shape index (κ1) is 15.9. The van der Waals surface area contributed by atoms with Crippen LogP contribution in [0, 0.1) is 12.8 Å². The van der Waals surface area contributed by atoms with Crippen LogP contribution >= 0.6 is 0 Å². The quantitative estimate of drug-likeness (QED) is 0.455. The van der Waals surface area contributed by atoms with Gasteiger partial charge in [0.1, 0.15) is 0 Å². The van der Waals surface area contributed by atoms with Crippen LogP contribution < -0.4 is 0 Å². The summed E-state index contributed by atoms with van der Waals surface area (Å²) in [6.07, 6.45) is 1.27. The van der Waals surface area contributed by atoms with Crippen molar-refractivity contribution in [3.63, 3.8) is 0 Å². The molecule has 20 heavy (non-hydrogen) atoms. The van der Waals surface area contributed by atoms with E-state index in [1.54, 1.807) is 19.9 Å². The van der Waals surface area contributed by atoms with E-state index in [1.165, 1.54) is 6.21 Å².